The van der Waals surface area contributed by atoms with Crippen molar-refractivity contribution in [1.29, 1.82) is 0 Å². The molecule has 0 unspecified atom stereocenters. The summed E-state index contributed by atoms with van der Waals surface area (Å²) in [6, 6.07) is 13.8. The molecule has 3 aliphatic rings. The Balaban J connectivity index is 1.58. The van der Waals surface area contributed by atoms with Crippen molar-refractivity contribution in [2.75, 3.05) is 37.8 Å². The van der Waals surface area contributed by atoms with Gasteiger partial charge in [-0.3, -0.25) is 4.58 Å². The summed E-state index contributed by atoms with van der Waals surface area (Å²) in [6.45, 7) is 5.22. The summed E-state index contributed by atoms with van der Waals surface area (Å²) in [4.78, 5) is 2.10. The highest BCUT2D eigenvalue weighted by Crippen LogP contribution is 2.42. The average molecular weight is 410 g/mol. The van der Waals surface area contributed by atoms with Gasteiger partial charge in [0.15, 0.2) is 18.0 Å². The number of nitrogens with zero attached hydrogens (tertiary/aromatic N) is 2. The van der Waals surface area contributed by atoms with Crippen LogP contribution >= 0.6 is 0 Å². The van der Waals surface area contributed by atoms with Gasteiger partial charge in [-0.05, 0) is 62.6 Å². The summed E-state index contributed by atoms with van der Waals surface area (Å²) in [6.07, 6.45) is 4.45. The highest BCUT2D eigenvalue weighted by molar-refractivity contribution is 5.97. The Bertz CT molecular complexity index is 956. The molecule has 1 N–H and O–H groups in total. The largest absolute Gasteiger partial charge is 0.494 e. The van der Waals surface area contributed by atoms with Crippen LogP contribution in [0.4, 0.5) is 5.69 Å². The van der Waals surface area contributed by atoms with Crippen molar-refractivity contribution >= 4 is 11.5 Å². The van der Waals surface area contributed by atoms with Crippen LogP contribution in [0.25, 0.3) is 0 Å². The van der Waals surface area contributed by atoms with Crippen molar-refractivity contribution < 1.29 is 23.9 Å². The summed E-state index contributed by atoms with van der Waals surface area (Å²) in [5.41, 5.74) is 0.637. The van der Waals surface area contributed by atoms with Crippen LogP contribution in [0, 0.1) is 0 Å². The molecule has 6 nitrogen and oxygen atoms in total. The third-order valence-electron chi connectivity index (χ3n) is 6.14. The van der Waals surface area contributed by atoms with Gasteiger partial charge in [-0.2, -0.15) is 4.90 Å². The Morgan fingerprint density at radius 2 is 1.83 bits per heavy atom. The zero-order chi connectivity index (χ0) is 20.6. The van der Waals surface area contributed by atoms with Crippen LogP contribution in [-0.4, -0.2) is 48.4 Å². The number of fused-ring (bicyclic) bond motifs is 1. The first-order chi connectivity index (χ1) is 14.7. The Kier molecular flexibility index (Phi) is 5.03. The van der Waals surface area contributed by atoms with Crippen molar-refractivity contribution in [3.8, 4) is 17.2 Å². The van der Waals surface area contributed by atoms with E-state index in [-0.39, 0.29) is 0 Å². The Morgan fingerprint density at radius 3 is 2.63 bits per heavy atom. The molecule has 2 aromatic carbocycles. The molecule has 0 spiro atoms. The van der Waals surface area contributed by atoms with E-state index in [0.717, 1.165) is 54.3 Å². The zero-order valence-corrected chi connectivity index (χ0v) is 17.5. The molecule has 5 rings (SSSR count). The van der Waals surface area contributed by atoms with Crippen molar-refractivity contribution in [3.05, 3.63) is 48.0 Å². The van der Waals surface area contributed by atoms with Crippen LogP contribution in [-0.2, 0) is 5.72 Å². The predicted octanol–water partition coefficient (Wildman–Crippen LogP) is 3.51. The number of ether oxygens (including phenoxy) is 3. The number of aliphatic hydroxyl groups is 1. The summed E-state index contributed by atoms with van der Waals surface area (Å²) in [5, 5.41) is 12.1. The smallest absolute Gasteiger partial charge is 0.275 e. The van der Waals surface area contributed by atoms with Gasteiger partial charge in [-0.1, -0.05) is 0 Å². The maximum Gasteiger partial charge on any atom is 0.275 e. The van der Waals surface area contributed by atoms with Gasteiger partial charge < -0.3 is 19.3 Å². The highest BCUT2D eigenvalue weighted by atomic mass is 16.6. The van der Waals surface area contributed by atoms with Gasteiger partial charge in [0.25, 0.3) is 11.6 Å². The minimum atomic E-state index is -1.15. The van der Waals surface area contributed by atoms with E-state index in [2.05, 4.69) is 9.48 Å². The molecule has 0 saturated heterocycles. The van der Waals surface area contributed by atoms with E-state index in [1.165, 1.54) is 12.3 Å². The van der Waals surface area contributed by atoms with Crippen molar-refractivity contribution in [1.82, 2.24) is 0 Å². The monoisotopic (exact) mass is 409 g/mol. The van der Waals surface area contributed by atoms with E-state index < -0.39 is 5.72 Å². The number of hydrogen-bond donors (Lipinski definition) is 1. The number of rotatable bonds is 4. The fourth-order valence-electron chi connectivity index (χ4n) is 4.76. The van der Waals surface area contributed by atoms with E-state index in [4.69, 9.17) is 14.2 Å². The van der Waals surface area contributed by atoms with E-state index in [0.29, 0.717) is 26.4 Å². The summed E-state index contributed by atoms with van der Waals surface area (Å²) in [7, 11) is 0. The standard InChI is InChI=1S/C24H29N2O4/c1-2-28-20-10-7-18(8-11-20)24(27)17-25-13-5-3-4-6-23(25)26(24)19-9-12-21-22(16-19)30-15-14-29-21/h7-12,16,27H,2-6,13-15,17H2,1H3/q+1/t24-/m1/s1. The molecule has 30 heavy (non-hydrogen) atoms. The average Bonchev–Trinajstić information content (AvgIpc) is 2.90. The minimum Gasteiger partial charge on any atom is -0.494 e. The Morgan fingerprint density at radius 1 is 1.03 bits per heavy atom. The number of amidine groups is 1. The molecular weight excluding hydrogens is 380 g/mol. The molecule has 1 atom stereocenters. The zero-order valence-electron chi connectivity index (χ0n) is 17.5. The van der Waals surface area contributed by atoms with Gasteiger partial charge in [0, 0.05) is 18.1 Å². The summed E-state index contributed by atoms with van der Waals surface area (Å²) >= 11 is 0. The molecule has 0 saturated carbocycles. The van der Waals surface area contributed by atoms with Crippen LogP contribution < -0.4 is 19.1 Å². The van der Waals surface area contributed by atoms with E-state index in [1.54, 1.807) is 0 Å². The van der Waals surface area contributed by atoms with Gasteiger partial charge in [0.1, 0.15) is 24.7 Å². The van der Waals surface area contributed by atoms with Gasteiger partial charge in [0.05, 0.1) is 13.2 Å². The SMILES string of the molecule is CCOc1ccc([C@]2(O)C[N+]3=C(CCCCC3)N2c2ccc3c(c2)OCCO3)cc1. The molecule has 0 fully saturated rings. The molecule has 0 radical (unpaired) electrons. The van der Waals surface area contributed by atoms with Crippen LogP contribution in [0.2, 0.25) is 0 Å². The number of anilines is 1. The highest BCUT2D eigenvalue weighted by Gasteiger charge is 2.54. The first-order valence-corrected chi connectivity index (χ1v) is 11.0. The van der Waals surface area contributed by atoms with Crippen LogP contribution in [0.1, 0.15) is 38.2 Å². The molecule has 0 bridgehead atoms. The lowest BCUT2D eigenvalue weighted by atomic mass is 9.99. The lowest BCUT2D eigenvalue weighted by molar-refractivity contribution is -0.534. The van der Waals surface area contributed by atoms with Gasteiger partial charge >= 0.3 is 0 Å². The second-order valence-electron chi connectivity index (χ2n) is 8.09. The van der Waals surface area contributed by atoms with Gasteiger partial charge in [0.2, 0.25) is 0 Å². The normalized spacial score (nSPS) is 23.2. The number of benzene rings is 2. The van der Waals surface area contributed by atoms with E-state index in [9.17, 15) is 5.11 Å². The minimum absolute atomic E-state index is 0.544. The van der Waals surface area contributed by atoms with Crippen LogP contribution in [0.15, 0.2) is 42.5 Å². The first-order valence-electron chi connectivity index (χ1n) is 11.0. The molecule has 0 aliphatic carbocycles. The van der Waals surface area contributed by atoms with E-state index in [1.807, 2.05) is 49.4 Å². The van der Waals surface area contributed by atoms with Crippen molar-refractivity contribution in [3.63, 3.8) is 0 Å². The molecule has 6 heteroatoms. The fourth-order valence-corrected chi connectivity index (χ4v) is 4.76. The molecule has 3 aliphatic heterocycles. The summed E-state index contributed by atoms with van der Waals surface area (Å²) in [5.74, 6) is 3.49. The fraction of sp³-hybridized carbons (Fsp3) is 0.458. The van der Waals surface area contributed by atoms with Crippen molar-refractivity contribution in [2.45, 2.75) is 38.3 Å². The van der Waals surface area contributed by atoms with Gasteiger partial charge in [-0.15, -0.1) is 0 Å². The predicted molar refractivity (Wildman–Crippen MR) is 115 cm³/mol. The molecular formula is C24H29N2O4+. The lowest BCUT2D eigenvalue weighted by Crippen LogP contribution is -2.47. The first kappa shape index (κ1) is 19.2. The van der Waals surface area contributed by atoms with Gasteiger partial charge in [-0.25, -0.2) is 0 Å². The lowest BCUT2D eigenvalue weighted by Gasteiger charge is -2.30. The van der Waals surface area contributed by atoms with E-state index >= 15 is 0 Å². The Hall–Kier alpha value is -2.73. The quantitative estimate of drug-likeness (QED) is 0.784. The summed E-state index contributed by atoms with van der Waals surface area (Å²) < 4.78 is 19.5. The molecule has 158 valence electrons. The Labute approximate surface area is 177 Å². The molecule has 2 aromatic rings. The van der Waals surface area contributed by atoms with Crippen LogP contribution in [0.3, 0.4) is 0 Å². The molecule has 3 heterocycles. The second-order valence-corrected chi connectivity index (χ2v) is 8.09. The van der Waals surface area contributed by atoms with Crippen LogP contribution in [0.5, 0.6) is 17.2 Å². The molecule has 0 amide bonds. The van der Waals surface area contributed by atoms with Crippen molar-refractivity contribution in [2.24, 2.45) is 0 Å². The third kappa shape index (κ3) is 3.29. The third-order valence-corrected chi connectivity index (χ3v) is 6.14. The maximum atomic E-state index is 12.1. The second kappa shape index (κ2) is 7.84. The maximum absolute atomic E-state index is 12.1. The topological polar surface area (TPSA) is 54.2 Å². The number of hydrogen-bond acceptors (Lipinski definition) is 5. The molecule has 0 aromatic heterocycles.